The van der Waals surface area contributed by atoms with Crippen molar-refractivity contribution in [3.63, 3.8) is 0 Å². The van der Waals surface area contributed by atoms with E-state index in [1.165, 1.54) is 0 Å². The van der Waals surface area contributed by atoms with E-state index in [2.05, 4.69) is 34.6 Å². The van der Waals surface area contributed by atoms with Crippen LogP contribution in [0.3, 0.4) is 0 Å². The normalized spacial score (nSPS) is 15.5. The van der Waals surface area contributed by atoms with Crippen molar-refractivity contribution in [2.75, 3.05) is 13.6 Å². The maximum absolute atomic E-state index is 12.2. The van der Waals surface area contributed by atoms with Gasteiger partial charge in [0.05, 0.1) is 0 Å². The molecule has 0 amide bonds. The number of aryl methyl sites for hydroxylation is 2. The Morgan fingerprint density at radius 1 is 1.43 bits per heavy atom. The van der Waals surface area contributed by atoms with Crippen molar-refractivity contribution in [1.82, 2.24) is 25.0 Å². The molecular formula is C15H29IN6O. The standard InChI is InChI=1S/C15H28N6O.HI/c1-4-12(2)18-14(16-3)17-9-7-11-21-15(22)20-10-6-5-8-13(20)19-21;/h12H,4-11H2,1-3H3,(H2,16,17,18);1H. The molecule has 2 N–H and O–H groups in total. The van der Waals surface area contributed by atoms with E-state index in [4.69, 9.17) is 0 Å². The van der Waals surface area contributed by atoms with Crippen LogP contribution in [0.5, 0.6) is 0 Å². The lowest BCUT2D eigenvalue weighted by molar-refractivity contribution is 0.509. The number of guanidine groups is 1. The molecule has 1 aromatic rings. The zero-order valence-corrected chi connectivity index (χ0v) is 16.7. The average molecular weight is 436 g/mol. The summed E-state index contributed by atoms with van der Waals surface area (Å²) in [6.45, 7) is 6.49. The molecule has 0 aliphatic carbocycles. The molecule has 0 spiro atoms. The molecule has 8 heteroatoms. The van der Waals surface area contributed by atoms with Gasteiger partial charge in [-0.3, -0.25) is 9.56 Å². The molecule has 2 heterocycles. The van der Waals surface area contributed by atoms with Crippen LogP contribution in [0, 0.1) is 0 Å². The number of aliphatic imine (C=N–C) groups is 1. The van der Waals surface area contributed by atoms with Crippen LogP contribution in [0.1, 0.15) is 45.4 Å². The molecule has 23 heavy (non-hydrogen) atoms. The van der Waals surface area contributed by atoms with Crippen molar-refractivity contribution in [3.05, 3.63) is 16.3 Å². The third kappa shape index (κ3) is 5.50. The van der Waals surface area contributed by atoms with Gasteiger partial charge in [0.25, 0.3) is 0 Å². The number of hydrogen-bond donors (Lipinski definition) is 2. The summed E-state index contributed by atoms with van der Waals surface area (Å²) in [6.07, 6.45) is 5.03. The summed E-state index contributed by atoms with van der Waals surface area (Å²) in [5.74, 6) is 1.75. The monoisotopic (exact) mass is 436 g/mol. The van der Waals surface area contributed by atoms with Crippen LogP contribution in [0.25, 0.3) is 0 Å². The van der Waals surface area contributed by atoms with Gasteiger partial charge >= 0.3 is 5.69 Å². The highest BCUT2D eigenvalue weighted by Gasteiger charge is 2.16. The van der Waals surface area contributed by atoms with E-state index >= 15 is 0 Å². The van der Waals surface area contributed by atoms with Gasteiger partial charge in [0.1, 0.15) is 5.82 Å². The first-order valence-corrected chi connectivity index (χ1v) is 8.29. The van der Waals surface area contributed by atoms with Crippen LogP contribution in [-0.2, 0) is 19.5 Å². The molecule has 1 atom stereocenters. The van der Waals surface area contributed by atoms with Crippen LogP contribution in [0.4, 0.5) is 0 Å². The molecular weight excluding hydrogens is 407 g/mol. The molecule has 0 saturated heterocycles. The second-order valence-corrected chi connectivity index (χ2v) is 5.84. The number of nitrogens with zero attached hydrogens (tertiary/aromatic N) is 4. The lowest BCUT2D eigenvalue weighted by Crippen LogP contribution is -2.42. The Labute approximate surface area is 155 Å². The van der Waals surface area contributed by atoms with Gasteiger partial charge in [0.15, 0.2) is 5.96 Å². The summed E-state index contributed by atoms with van der Waals surface area (Å²) in [7, 11) is 1.77. The molecule has 2 rings (SSSR count). The van der Waals surface area contributed by atoms with Gasteiger partial charge in [-0.2, -0.15) is 5.10 Å². The van der Waals surface area contributed by atoms with E-state index in [1.54, 1.807) is 11.7 Å². The number of nitrogens with one attached hydrogen (secondary N) is 2. The predicted octanol–water partition coefficient (Wildman–Crippen LogP) is 1.35. The van der Waals surface area contributed by atoms with Crippen LogP contribution in [0.2, 0.25) is 0 Å². The number of halogens is 1. The molecule has 0 fully saturated rings. The number of fused-ring (bicyclic) bond motifs is 1. The van der Waals surface area contributed by atoms with Crippen molar-refractivity contribution in [1.29, 1.82) is 0 Å². The highest BCUT2D eigenvalue weighted by Crippen LogP contribution is 2.09. The quantitative estimate of drug-likeness (QED) is 0.306. The summed E-state index contributed by atoms with van der Waals surface area (Å²) in [6, 6.07) is 0.397. The first-order chi connectivity index (χ1) is 10.7. The highest BCUT2D eigenvalue weighted by molar-refractivity contribution is 14.0. The Morgan fingerprint density at radius 2 is 2.22 bits per heavy atom. The molecule has 1 unspecified atom stereocenters. The zero-order valence-electron chi connectivity index (χ0n) is 14.3. The Morgan fingerprint density at radius 3 is 2.87 bits per heavy atom. The minimum atomic E-state index is 0. The summed E-state index contributed by atoms with van der Waals surface area (Å²) < 4.78 is 3.42. The van der Waals surface area contributed by atoms with E-state index in [9.17, 15) is 4.79 Å². The molecule has 1 aliphatic rings. The molecule has 1 aliphatic heterocycles. The second kappa shape index (κ2) is 9.94. The smallest absolute Gasteiger partial charge is 0.345 e. The van der Waals surface area contributed by atoms with Gasteiger partial charge in [0, 0.05) is 39.1 Å². The number of aromatic nitrogens is 3. The molecule has 0 aromatic carbocycles. The first kappa shape index (κ1) is 20.0. The topological polar surface area (TPSA) is 76.2 Å². The van der Waals surface area contributed by atoms with Crippen LogP contribution in [0.15, 0.2) is 9.79 Å². The van der Waals surface area contributed by atoms with Gasteiger partial charge in [-0.15, -0.1) is 24.0 Å². The van der Waals surface area contributed by atoms with Crippen molar-refractivity contribution in [2.24, 2.45) is 4.99 Å². The van der Waals surface area contributed by atoms with Gasteiger partial charge in [-0.25, -0.2) is 9.48 Å². The van der Waals surface area contributed by atoms with Crippen LogP contribution in [-0.4, -0.2) is 39.9 Å². The van der Waals surface area contributed by atoms with Gasteiger partial charge in [-0.05, 0) is 32.6 Å². The van der Waals surface area contributed by atoms with E-state index in [0.29, 0.717) is 12.6 Å². The third-order valence-corrected chi connectivity index (χ3v) is 4.09. The SMILES string of the molecule is CCC(C)NC(=NC)NCCCn1nc2n(c1=O)CCCC2.I. The van der Waals surface area contributed by atoms with E-state index < -0.39 is 0 Å². The van der Waals surface area contributed by atoms with Crippen molar-refractivity contribution in [3.8, 4) is 0 Å². The largest absolute Gasteiger partial charge is 0.356 e. The average Bonchev–Trinajstić information content (AvgIpc) is 2.86. The van der Waals surface area contributed by atoms with Crippen molar-refractivity contribution in [2.45, 2.75) is 65.1 Å². The molecule has 132 valence electrons. The van der Waals surface area contributed by atoms with E-state index in [0.717, 1.165) is 57.0 Å². The van der Waals surface area contributed by atoms with E-state index in [-0.39, 0.29) is 29.7 Å². The summed E-state index contributed by atoms with van der Waals surface area (Å²) in [5, 5.41) is 11.0. The second-order valence-electron chi connectivity index (χ2n) is 5.84. The summed E-state index contributed by atoms with van der Waals surface area (Å²) >= 11 is 0. The lowest BCUT2D eigenvalue weighted by atomic mass is 10.2. The lowest BCUT2D eigenvalue weighted by Gasteiger charge is -2.16. The zero-order chi connectivity index (χ0) is 15.9. The minimum absolute atomic E-state index is 0. The Kier molecular flexibility index (Phi) is 8.64. The summed E-state index contributed by atoms with van der Waals surface area (Å²) in [4.78, 5) is 16.4. The fourth-order valence-electron chi connectivity index (χ4n) is 2.56. The number of hydrogen-bond acceptors (Lipinski definition) is 3. The van der Waals surface area contributed by atoms with Crippen molar-refractivity contribution < 1.29 is 0 Å². The number of rotatable bonds is 6. The Bertz CT molecular complexity index is 565. The maximum Gasteiger partial charge on any atom is 0.345 e. The predicted molar refractivity (Wildman–Crippen MR) is 104 cm³/mol. The Hall–Kier alpha value is -1.06. The molecule has 0 saturated carbocycles. The fourth-order valence-corrected chi connectivity index (χ4v) is 2.56. The maximum atomic E-state index is 12.2. The van der Waals surface area contributed by atoms with Gasteiger partial charge < -0.3 is 10.6 Å². The third-order valence-electron chi connectivity index (χ3n) is 4.09. The van der Waals surface area contributed by atoms with Gasteiger partial charge in [-0.1, -0.05) is 6.92 Å². The van der Waals surface area contributed by atoms with Crippen molar-refractivity contribution >= 4 is 29.9 Å². The summed E-state index contributed by atoms with van der Waals surface area (Å²) in [5.41, 5.74) is 0.0387. The minimum Gasteiger partial charge on any atom is -0.356 e. The first-order valence-electron chi connectivity index (χ1n) is 8.29. The molecule has 7 nitrogen and oxygen atoms in total. The van der Waals surface area contributed by atoms with Crippen LogP contribution >= 0.6 is 24.0 Å². The molecule has 1 aromatic heterocycles. The van der Waals surface area contributed by atoms with Crippen LogP contribution < -0.4 is 16.3 Å². The fraction of sp³-hybridized carbons (Fsp3) is 0.800. The highest BCUT2D eigenvalue weighted by atomic mass is 127. The van der Waals surface area contributed by atoms with E-state index in [1.807, 2.05) is 4.57 Å². The molecule has 0 radical (unpaired) electrons. The Balaban J connectivity index is 0.00000264. The molecule has 0 bridgehead atoms. The van der Waals surface area contributed by atoms with Gasteiger partial charge in [0.2, 0.25) is 0 Å².